The van der Waals surface area contributed by atoms with Gasteiger partial charge in [-0.05, 0) is 44.0 Å². The Kier molecular flexibility index (Phi) is 3.22. The van der Waals surface area contributed by atoms with Crippen molar-refractivity contribution in [2.24, 2.45) is 0 Å². The van der Waals surface area contributed by atoms with Crippen LogP contribution >= 0.6 is 11.6 Å². The van der Waals surface area contributed by atoms with Gasteiger partial charge >= 0.3 is 0 Å². The maximum atomic E-state index is 5.98. The number of fused-ring (bicyclic) bond motifs is 1. The smallest absolute Gasteiger partial charge is 0.163 e. The Bertz CT molecular complexity index is 773. The predicted octanol–water partition coefficient (Wildman–Crippen LogP) is 4.23. The van der Waals surface area contributed by atoms with Crippen molar-refractivity contribution in [1.82, 2.24) is 14.6 Å². The molecule has 0 aliphatic carbocycles. The Morgan fingerprint density at radius 1 is 1.15 bits per heavy atom. The van der Waals surface area contributed by atoms with Gasteiger partial charge in [-0.1, -0.05) is 30.7 Å². The standard InChI is InChI=1S/C16H16ClN3/c1-4-14-15(12-5-7-13(17)8-6-12)16-18-10(2)9-11(3)20(16)19-14/h5-9H,4H2,1-3H3. The lowest BCUT2D eigenvalue weighted by Gasteiger charge is -2.03. The average Bonchev–Trinajstić information content (AvgIpc) is 2.78. The monoisotopic (exact) mass is 285 g/mol. The quantitative estimate of drug-likeness (QED) is 0.705. The third-order valence-corrected chi connectivity index (χ3v) is 3.69. The van der Waals surface area contributed by atoms with E-state index in [9.17, 15) is 0 Å². The van der Waals surface area contributed by atoms with Crippen LogP contribution in [0, 0.1) is 13.8 Å². The van der Waals surface area contributed by atoms with E-state index >= 15 is 0 Å². The fraction of sp³-hybridized carbons (Fsp3) is 0.250. The zero-order valence-corrected chi connectivity index (χ0v) is 12.6. The molecule has 3 nitrogen and oxygen atoms in total. The lowest BCUT2D eigenvalue weighted by Crippen LogP contribution is -1.97. The second-order valence-corrected chi connectivity index (χ2v) is 5.39. The Balaban J connectivity index is 2.35. The van der Waals surface area contributed by atoms with Gasteiger partial charge in [0.1, 0.15) is 0 Å². The van der Waals surface area contributed by atoms with Crippen LogP contribution in [0.5, 0.6) is 0 Å². The fourth-order valence-electron chi connectivity index (χ4n) is 2.52. The molecule has 4 heteroatoms. The maximum absolute atomic E-state index is 5.98. The molecule has 0 aliphatic heterocycles. The van der Waals surface area contributed by atoms with Gasteiger partial charge in [0.2, 0.25) is 0 Å². The van der Waals surface area contributed by atoms with Gasteiger partial charge in [0.05, 0.1) is 5.69 Å². The number of aromatic nitrogens is 3. The third-order valence-electron chi connectivity index (χ3n) is 3.44. The van der Waals surface area contributed by atoms with Crippen LogP contribution in [0.15, 0.2) is 30.3 Å². The van der Waals surface area contributed by atoms with E-state index in [0.29, 0.717) is 0 Å². The summed E-state index contributed by atoms with van der Waals surface area (Å²) < 4.78 is 1.93. The Hall–Kier alpha value is -1.87. The van der Waals surface area contributed by atoms with Gasteiger partial charge in [0.25, 0.3) is 0 Å². The molecule has 1 aromatic carbocycles. The zero-order chi connectivity index (χ0) is 14.3. The first-order valence-electron chi connectivity index (χ1n) is 6.72. The van der Waals surface area contributed by atoms with Crippen LogP contribution in [0.3, 0.4) is 0 Å². The largest absolute Gasteiger partial charge is 0.233 e. The second-order valence-electron chi connectivity index (χ2n) is 4.96. The van der Waals surface area contributed by atoms with Gasteiger partial charge in [-0.3, -0.25) is 0 Å². The number of rotatable bonds is 2. The van der Waals surface area contributed by atoms with E-state index in [4.69, 9.17) is 16.7 Å². The van der Waals surface area contributed by atoms with Gasteiger partial charge in [-0.15, -0.1) is 0 Å². The van der Waals surface area contributed by atoms with Crippen molar-refractivity contribution in [2.75, 3.05) is 0 Å². The summed E-state index contributed by atoms with van der Waals surface area (Å²) in [6.45, 7) is 6.18. The van der Waals surface area contributed by atoms with Crippen LogP contribution in [0.25, 0.3) is 16.8 Å². The molecule has 0 amide bonds. The van der Waals surface area contributed by atoms with Crippen molar-refractivity contribution in [3.63, 3.8) is 0 Å². The highest BCUT2D eigenvalue weighted by atomic mass is 35.5. The molecule has 3 rings (SSSR count). The third kappa shape index (κ3) is 2.08. The molecule has 0 radical (unpaired) electrons. The molecule has 20 heavy (non-hydrogen) atoms. The average molecular weight is 286 g/mol. The molecule has 0 atom stereocenters. The summed E-state index contributed by atoms with van der Waals surface area (Å²) in [6, 6.07) is 9.91. The molecule has 0 unspecified atom stereocenters. The first-order chi connectivity index (χ1) is 9.60. The molecule has 0 spiro atoms. The minimum atomic E-state index is 0.739. The van der Waals surface area contributed by atoms with Crippen molar-refractivity contribution in [2.45, 2.75) is 27.2 Å². The van der Waals surface area contributed by atoms with E-state index in [1.54, 1.807) is 0 Å². The van der Waals surface area contributed by atoms with Crippen molar-refractivity contribution in [1.29, 1.82) is 0 Å². The highest BCUT2D eigenvalue weighted by Crippen LogP contribution is 2.29. The van der Waals surface area contributed by atoms with Gasteiger partial charge in [0, 0.05) is 22.0 Å². The highest BCUT2D eigenvalue weighted by Gasteiger charge is 2.16. The number of hydrogen-bond acceptors (Lipinski definition) is 2. The second kappa shape index (κ2) is 4.91. The number of benzene rings is 1. The molecule has 0 saturated heterocycles. The molecular weight excluding hydrogens is 270 g/mol. The summed E-state index contributed by atoms with van der Waals surface area (Å²) in [7, 11) is 0. The molecule has 2 aromatic heterocycles. The molecule has 2 heterocycles. The van der Waals surface area contributed by atoms with Gasteiger partial charge < -0.3 is 0 Å². The molecular formula is C16H16ClN3. The van der Waals surface area contributed by atoms with E-state index in [-0.39, 0.29) is 0 Å². The van der Waals surface area contributed by atoms with Crippen molar-refractivity contribution in [3.05, 3.63) is 52.4 Å². The van der Waals surface area contributed by atoms with E-state index in [2.05, 4.69) is 18.8 Å². The van der Waals surface area contributed by atoms with Crippen LogP contribution in [-0.2, 0) is 6.42 Å². The van der Waals surface area contributed by atoms with E-state index in [1.807, 2.05) is 41.8 Å². The maximum Gasteiger partial charge on any atom is 0.163 e. The number of halogens is 1. The van der Waals surface area contributed by atoms with E-state index < -0.39 is 0 Å². The van der Waals surface area contributed by atoms with Crippen LogP contribution in [0.1, 0.15) is 24.0 Å². The normalized spacial score (nSPS) is 11.2. The van der Waals surface area contributed by atoms with Gasteiger partial charge in [-0.2, -0.15) is 5.10 Å². The molecule has 0 fully saturated rings. The first-order valence-corrected chi connectivity index (χ1v) is 7.09. The lowest BCUT2D eigenvalue weighted by molar-refractivity contribution is 0.850. The summed E-state index contributed by atoms with van der Waals surface area (Å²) in [6.07, 6.45) is 0.875. The molecule has 0 aliphatic rings. The summed E-state index contributed by atoms with van der Waals surface area (Å²) in [4.78, 5) is 4.67. The van der Waals surface area contributed by atoms with Crippen molar-refractivity contribution < 1.29 is 0 Å². The summed E-state index contributed by atoms with van der Waals surface area (Å²) in [5.41, 5.74) is 6.31. The topological polar surface area (TPSA) is 30.2 Å². The Morgan fingerprint density at radius 3 is 2.50 bits per heavy atom. The Labute approximate surface area is 123 Å². The van der Waals surface area contributed by atoms with Crippen molar-refractivity contribution >= 4 is 17.2 Å². The molecule has 0 saturated carbocycles. The molecule has 0 N–H and O–H groups in total. The molecule has 3 aromatic rings. The number of aryl methyl sites for hydroxylation is 3. The number of nitrogens with zero attached hydrogens (tertiary/aromatic N) is 3. The molecule has 0 bridgehead atoms. The van der Waals surface area contributed by atoms with Crippen molar-refractivity contribution in [3.8, 4) is 11.1 Å². The van der Waals surface area contributed by atoms with Gasteiger partial charge in [-0.25, -0.2) is 9.50 Å². The predicted molar refractivity (Wildman–Crippen MR) is 82.3 cm³/mol. The summed E-state index contributed by atoms with van der Waals surface area (Å²) in [5, 5.41) is 5.43. The van der Waals surface area contributed by atoms with Crippen LogP contribution in [0.4, 0.5) is 0 Å². The molecule has 102 valence electrons. The fourth-order valence-corrected chi connectivity index (χ4v) is 2.65. The van der Waals surface area contributed by atoms with Gasteiger partial charge in [0.15, 0.2) is 5.65 Å². The summed E-state index contributed by atoms with van der Waals surface area (Å²) >= 11 is 5.98. The minimum Gasteiger partial charge on any atom is -0.233 e. The Morgan fingerprint density at radius 2 is 1.85 bits per heavy atom. The van der Waals surface area contributed by atoms with Crippen LogP contribution < -0.4 is 0 Å². The zero-order valence-electron chi connectivity index (χ0n) is 11.8. The van der Waals surface area contributed by atoms with Crippen LogP contribution in [0.2, 0.25) is 5.02 Å². The highest BCUT2D eigenvalue weighted by molar-refractivity contribution is 6.30. The van der Waals surface area contributed by atoms with Crippen LogP contribution in [-0.4, -0.2) is 14.6 Å². The number of hydrogen-bond donors (Lipinski definition) is 0. The van der Waals surface area contributed by atoms with E-state index in [0.717, 1.165) is 45.3 Å². The minimum absolute atomic E-state index is 0.739. The summed E-state index contributed by atoms with van der Waals surface area (Å²) in [5.74, 6) is 0. The SMILES string of the molecule is CCc1nn2c(C)cc(C)nc2c1-c1ccc(Cl)cc1. The first kappa shape index (κ1) is 13.1. The lowest BCUT2D eigenvalue weighted by atomic mass is 10.0. The van der Waals surface area contributed by atoms with E-state index in [1.165, 1.54) is 0 Å².